The number of hydrogen-bond donors (Lipinski definition) is 0. The fraction of sp³-hybridized carbons (Fsp3) is 0.769. The van der Waals surface area contributed by atoms with Gasteiger partial charge in [-0.3, -0.25) is 4.79 Å². The summed E-state index contributed by atoms with van der Waals surface area (Å²) in [5.41, 5.74) is 0.374. The Bertz CT molecular complexity index is 231. The number of esters is 1. The zero-order chi connectivity index (χ0) is 12.6. The molecule has 0 aromatic rings. The summed E-state index contributed by atoms with van der Waals surface area (Å²) in [6.07, 6.45) is 1.94. The summed E-state index contributed by atoms with van der Waals surface area (Å²) in [7, 11) is 0. The molecule has 0 saturated carbocycles. The minimum atomic E-state index is -0.580. The zero-order valence-electron chi connectivity index (χ0n) is 11.0. The largest absolute Gasteiger partial charge is 0.465 e. The molecule has 0 amide bonds. The van der Waals surface area contributed by atoms with E-state index in [2.05, 4.69) is 13.5 Å². The van der Waals surface area contributed by atoms with Crippen molar-refractivity contribution in [2.24, 2.45) is 5.41 Å². The number of rotatable bonds is 8. The van der Waals surface area contributed by atoms with Crippen molar-refractivity contribution in [3.63, 3.8) is 0 Å². The van der Waals surface area contributed by atoms with Gasteiger partial charge in [0.15, 0.2) is 0 Å². The molecule has 94 valence electrons. The quantitative estimate of drug-likeness (QED) is 0.364. The fourth-order valence-corrected chi connectivity index (χ4v) is 1.04. The first kappa shape index (κ1) is 15.2. The zero-order valence-corrected chi connectivity index (χ0v) is 11.0. The lowest BCUT2D eigenvalue weighted by molar-refractivity contribution is -0.157. The molecule has 0 bridgehead atoms. The van der Waals surface area contributed by atoms with Crippen LogP contribution in [-0.4, -0.2) is 25.8 Å². The maximum Gasteiger partial charge on any atom is 0.313 e. The maximum atomic E-state index is 11.7. The first-order chi connectivity index (χ1) is 7.40. The van der Waals surface area contributed by atoms with Crippen LogP contribution in [-0.2, 0) is 14.3 Å². The van der Waals surface area contributed by atoms with Crippen LogP contribution in [0.5, 0.6) is 0 Å². The summed E-state index contributed by atoms with van der Waals surface area (Å²) >= 11 is 0. The highest BCUT2D eigenvalue weighted by Crippen LogP contribution is 2.18. The number of hydrogen-bond acceptors (Lipinski definition) is 3. The molecule has 0 aromatic carbocycles. The second-order valence-electron chi connectivity index (χ2n) is 4.82. The minimum Gasteiger partial charge on any atom is -0.465 e. The summed E-state index contributed by atoms with van der Waals surface area (Å²) in [5.74, 6) is -0.192. The van der Waals surface area contributed by atoms with Gasteiger partial charge in [0.2, 0.25) is 0 Å². The number of carbonyl (C=O) groups is 1. The van der Waals surface area contributed by atoms with Gasteiger partial charge >= 0.3 is 5.97 Å². The molecule has 3 nitrogen and oxygen atoms in total. The van der Waals surface area contributed by atoms with Gasteiger partial charge in [0.05, 0.1) is 25.2 Å². The molecule has 3 heteroatoms. The van der Waals surface area contributed by atoms with Gasteiger partial charge in [0.25, 0.3) is 0 Å². The number of unbranched alkanes of at least 4 members (excludes halogenated alkanes) is 1. The number of ether oxygens (including phenoxy) is 2. The van der Waals surface area contributed by atoms with Crippen LogP contribution in [0.1, 0.15) is 40.5 Å². The van der Waals surface area contributed by atoms with Crippen LogP contribution < -0.4 is 0 Å². The molecule has 0 fully saturated rings. The van der Waals surface area contributed by atoms with Crippen LogP contribution in [0.4, 0.5) is 0 Å². The predicted molar refractivity (Wildman–Crippen MR) is 65.3 cm³/mol. The molecule has 0 aromatic heterocycles. The van der Waals surface area contributed by atoms with E-state index in [1.54, 1.807) is 0 Å². The molecular formula is C13H24O3. The molecule has 0 radical (unpaired) electrons. The van der Waals surface area contributed by atoms with Crippen LogP contribution in [0, 0.1) is 5.41 Å². The van der Waals surface area contributed by atoms with E-state index in [1.165, 1.54) is 0 Å². The molecule has 0 heterocycles. The third-order valence-corrected chi connectivity index (χ3v) is 2.10. The van der Waals surface area contributed by atoms with Crippen molar-refractivity contribution in [1.29, 1.82) is 0 Å². The summed E-state index contributed by atoms with van der Waals surface area (Å²) in [6, 6.07) is 0. The van der Waals surface area contributed by atoms with Gasteiger partial charge in [0, 0.05) is 0 Å². The molecule has 0 aliphatic carbocycles. The Morgan fingerprint density at radius 2 is 2.00 bits per heavy atom. The minimum absolute atomic E-state index is 0.192. The highest BCUT2D eigenvalue weighted by molar-refractivity contribution is 5.76. The van der Waals surface area contributed by atoms with E-state index in [9.17, 15) is 4.79 Å². The predicted octanol–water partition coefficient (Wildman–Crippen LogP) is 2.95. The lowest BCUT2D eigenvalue weighted by Crippen LogP contribution is -2.32. The van der Waals surface area contributed by atoms with Gasteiger partial charge < -0.3 is 9.47 Å². The van der Waals surface area contributed by atoms with Gasteiger partial charge in [-0.2, -0.15) is 0 Å². The normalized spacial score (nSPS) is 11.2. The lowest BCUT2D eigenvalue weighted by atomic mass is 9.95. The molecule has 0 spiro atoms. The third kappa shape index (κ3) is 6.62. The average molecular weight is 228 g/mol. The van der Waals surface area contributed by atoms with Gasteiger partial charge in [-0.25, -0.2) is 0 Å². The Kier molecular flexibility index (Phi) is 7.06. The Balaban J connectivity index is 3.90. The monoisotopic (exact) mass is 228 g/mol. The molecule has 0 atom stereocenters. The van der Waals surface area contributed by atoms with E-state index >= 15 is 0 Å². The first-order valence-corrected chi connectivity index (χ1v) is 5.79. The van der Waals surface area contributed by atoms with Crippen molar-refractivity contribution < 1.29 is 14.3 Å². The summed E-state index contributed by atoms with van der Waals surface area (Å²) in [6.45, 7) is 12.7. The number of carbonyl (C=O) groups excluding carboxylic acids is 1. The van der Waals surface area contributed by atoms with E-state index in [4.69, 9.17) is 9.47 Å². The molecule has 0 aliphatic rings. The Morgan fingerprint density at radius 1 is 1.38 bits per heavy atom. The molecule has 0 saturated heterocycles. The molecule has 16 heavy (non-hydrogen) atoms. The Morgan fingerprint density at radius 3 is 2.50 bits per heavy atom. The summed E-state index contributed by atoms with van der Waals surface area (Å²) in [5, 5.41) is 0. The van der Waals surface area contributed by atoms with Crippen molar-refractivity contribution in [3.05, 3.63) is 12.2 Å². The van der Waals surface area contributed by atoms with E-state index in [1.807, 2.05) is 20.8 Å². The molecular weight excluding hydrogens is 204 g/mol. The van der Waals surface area contributed by atoms with Crippen LogP contribution in [0.15, 0.2) is 12.2 Å². The maximum absolute atomic E-state index is 11.7. The van der Waals surface area contributed by atoms with Gasteiger partial charge in [-0.05, 0) is 27.2 Å². The van der Waals surface area contributed by atoms with Gasteiger partial charge in [-0.1, -0.05) is 25.5 Å². The Labute approximate surface area is 98.8 Å². The van der Waals surface area contributed by atoms with E-state index < -0.39 is 5.41 Å². The van der Waals surface area contributed by atoms with Crippen molar-refractivity contribution in [3.8, 4) is 0 Å². The summed E-state index contributed by atoms with van der Waals surface area (Å²) < 4.78 is 10.6. The van der Waals surface area contributed by atoms with E-state index in [0.29, 0.717) is 19.8 Å². The van der Waals surface area contributed by atoms with Crippen molar-refractivity contribution in [2.75, 3.05) is 19.8 Å². The van der Waals surface area contributed by atoms with Crippen molar-refractivity contribution in [2.45, 2.75) is 40.5 Å². The molecule has 0 rings (SSSR count). The SMILES string of the molecule is C=C(C)COCC(C)(C)C(=O)OCCCC. The smallest absolute Gasteiger partial charge is 0.313 e. The second kappa shape index (κ2) is 7.44. The molecule has 0 unspecified atom stereocenters. The van der Waals surface area contributed by atoms with Crippen molar-refractivity contribution in [1.82, 2.24) is 0 Å². The van der Waals surface area contributed by atoms with Crippen molar-refractivity contribution >= 4 is 5.97 Å². The van der Waals surface area contributed by atoms with E-state index in [-0.39, 0.29) is 5.97 Å². The standard InChI is InChI=1S/C13H24O3/c1-6-7-8-16-12(14)13(4,5)10-15-9-11(2)3/h2,6-10H2,1,3-5H3. The Hall–Kier alpha value is -0.830. The topological polar surface area (TPSA) is 35.5 Å². The lowest BCUT2D eigenvalue weighted by Gasteiger charge is -2.22. The van der Waals surface area contributed by atoms with Gasteiger partial charge in [-0.15, -0.1) is 0 Å². The van der Waals surface area contributed by atoms with Crippen LogP contribution in [0.3, 0.4) is 0 Å². The van der Waals surface area contributed by atoms with Crippen LogP contribution in [0.25, 0.3) is 0 Å². The summed E-state index contributed by atoms with van der Waals surface area (Å²) in [4.78, 5) is 11.7. The molecule has 0 aliphatic heterocycles. The second-order valence-corrected chi connectivity index (χ2v) is 4.82. The fourth-order valence-electron chi connectivity index (χ4n) is 1.04. The molecule has 0 N–H and O–H groups in total. The van der Waals surface area contributed by atoms with Gasteiger partial charge in [0.1, 0.15) is 0 Å². The van der Waals surface area contributed by atoms with Crippen LogP contribution >= 0.6 is 0 Å². The third-order valence-electron chi connectivity index (χ3n) is 2.10. The highest BCUT2D eigenvalue weighted by Gasteiger charge is 2.29. The van der Waals surface area contributed by atoms with E-state index in [0.717, 1.165) is 18.4 Å². The first-order valence-electron chi connectivity index (χ1n) is 5.79. The average Bonchev–Trinajstić information content (AvgIpc) is 2.17. The highest BCUT2D eigenvalue weighted by atomic mass is 16.5. The van der Waals surface area contributed by atoms with Crippen LogP contribution in [0.2, 0.25) is 0 Å².